The van der Waals surface area contributed by atoms with Crippen molar-refractivity contribution in [3.05, 3.63) is 53.0 Å². The summed E-state index contributed by atoms with van der Waals surface area (Å²) in [5, 5.41) is 12.3. The third-order valence-corrected chi connectivity index (χ3v) is 5.12. The number of para-hydroxylation sites is 1. The maximum Gasteiger partial charge on any atom is 0.260 e. The summed E-state index contributed by atoms with van der Waals surface area (Å²) in [5.41, 5.74) is 0.939. The van der Waals surface area contributed by atoms with Crippen molar-refractivity contribution in [3.63, 3.8) is 0 Å². The number of benzene rings is 1. The molecule has 4 rings (SSSR count). The summed E-state index contributed by atoms with van der Waals surface area (Å²) in [6, 6.07) is 11.3. The number of aromatic nitrogens is 2. The van der Waals surface area contributed by atoms with Crippen LogP contribution in [0.15, 0.2) is 51.6 Å². The Morgan fingerprint density at radius 2 is 2.15 bits per heavy atom. The number of likely N-dealkylation sites (tertiary alicyclic amines) is 1. The molecule has 26 heavy (non-hydrogen) atoms. The van der Waals surface area contributed by atoms with E-state index < -0.39 is 0 Å². The van der Waals surface area contributed by atoms with Crippen molar-refractivity contribution in [3.8, 4) is 17.2 Å². The Morgan fingerprint density at radius 1 is 1.27 bits per heavy atom. The number of piperidine rings is 1. The zero-order valence-electron chi connectivity index (χ0n) is 14.2. The molecule has 1 aliphatic heterocycles. The average molecular weight is 369 g/mol. The molecule has 6 nitrogen and oxygen atoms in total. The van der Waals surface area contributed by atoms with Crippen LogP contribution in [0.5, 0.6) is 5.75 Å². The van der Waals surface area contributed by atoms with E-state index >= 15 is 0 Å². The van der Waals surface area contributed by atoms with E-state index in [1.807, 2.05) is 52.1 Å². The maximum absolute atomic E-state index is 12.5. The van der Waals surface area contributed by atoms with Crippen LogP contribution in [0.1, 0.15) is 24.7 Å². The molecule has 0 spiro atoms. The highest BCUT2D eigenvalue weighted by molar-refractivity contribution is 7.08. The smallest absolute Gasteiger partial charge is 0.260 e. The number of carbonyl (C=O) groups excluding carboxylic acids is 1. The van der Waals surface area contributed by atoms with Crippen molar-refractivity contribution in [1.82, 2.24) is 15.1 Å². The summed E-state index contributed by atoms with van der Waals surface area (Å²) in [4.78, 5) is 14.3. The Bertz CT molecular complexity index is 848. The van der Waals surface area contributed by atoms with Crippen LogP contribution in [0, 0.1) is 0 Å². The van der Waals surface area contributed by atoms with E-state index in [1.54, 1.807) is 11.3 Å². The second-order valence-electron chi connectivity index (χ2n) is 6.24. The van der Waals surface area contributed by atoms with Gasteiger partial charge in [0, 0.05) is 24.0 Å². The van der Waals surface area contributed by atoms with Crippen molar-refractivity contribution in [1.29, 1.82) is 0 Å². The fourth-order valence-corrected chi connectivity index (χ4v) is 3.69. The summed E-state index contributed by atoms with van der Waals surface area (Å²) >= 11 is 1.59. The quantitative estimate of drug-likeness (QED) is 0.687. The molecule has 1 saturated heterocycles. The standard InChI is InChI=1S/C19H19N3O3S/c23-17(12-24-16-6-2-1-3-7-16)22-9-4-5-14(11-22)18-20-21-19(25-18)15-8-10-26-13-15/h1-3,6-8,10,13-14H,4-5,9,11-12H2/t14-/m0/s1. The highest BCUT2D eigenvalue weighted by atomic mass is 32.1. The first kappa shape index (κ1) is 16.8. The van der Waals surface area contributed by atoms with Gasteiger partial charge in [0.1, 0.15) is 5.75 Å². The number of rotatable bonds is 5. The molecule has 0 radical (unpaired) electrons. The molecule has 1 fully saturated rings. The lowest BCUT2D eigenvalue weighted by Crippen LogP contribution is -2.41. The van der Waals surface area contributed by atoms with Crippen LogP contribution in [0.4, 0.5) is 0 Å². The first-order chi connectivity index (χ1) is 12.8. The maximum atomic E-state index is 12.5. The van der Waals surface area contributed by atoms with Crippen LogP contribution in [-0.4, -0.2) is 40.7 Å². The fourth-order valence-electron chi connectivity index (χ4n) is 3.06. The lowest BCUT2D eigenvalue weighted by molar-refractivity contribution is -0.134. The number of nitrogens with zero attached hydrogens (tertiary/aromatic N) is 3. The molecule has 3 aromatic rings. The van der Waals surface area contributed by atoms with Gasteiger partial charge in [-0.15, -0.1) is 10.2 Å². The van der Waals surface area contributed by atoms with Gasteiger partial charge >= 0.3 is 0 Å². The van der Waals surface area contributed by atoms with Crippen molar-refractivity contribution < 1.29 is 13.9 Å². The summed E-state index contributed by atoms with van der Waals surface area (Å²) < 4.78 is 11.4. The first-order valence-corrected chi connectivity index (χ1v) is 9.55. The molecule has 7 heteroatoms. The van der Waals surface area contributed by atoms with Gasteiger partial charge in [0.05, 0.1) is 5.92 Å². The summed E-state index contributed by atoms with van der Waals surface area (Å²) in [7, 11) is 0. The van der Waals surface area contributed by atoms with Crippen molar-refractivity contribution in [2.45, 2.75) is 18.8 Å². The summed E-state index contributed by atoms with van der Waals surface area (Å²) in [6.45, 7) is 1.36. The van der Waals surface area contributed by atoms with E-state index in [2.05, 4.69) is 10.2 Å². The molecule has 134 valence electrons. The number of thiophene rings is 1. The van der Waals surface area contributed by atoms with Gasteiger partial charge in [-0.25, -0.2) is 0 Å². The van der Waals surface area contributed by atoms with Crippen LogP contribution < -0.4 is 4.74 Å². The Balaban J connectivity index is 1.37. The highest BCUT2D eigenvalue weighted by Gasteiger charge is 2.28. The molecule has 1 amide bonds. The number of hydrogen-bond donors (Lipinski definition) is 0. The van der Waals surface area contributed by atoms with Crippen LogP contribution in [-0.2, 0) is 4.79 Å². The predicted octanol–water partition coefficient (Wildman–Crippen LogP) is 3.58. The third kappa shape index (κ3) is 3.77. The van der Waals surface area contributed by atoms with Crippen molar-refractivity contribution >= 4 is 17.2 Å². The van der Waals surface area contributed by atoms with Gasteiger partial charge in [0.25, 0.3) is 5.91 Å². The number of carbonyl (C=O) groups is 1. The second kappa shape index (κ2) is 7.70. The van der Waals surface area contributed by atoms with Gasteiger partial charge < -0.3 is 14.1 Å². The topological polar surface area (TPSA) is 68.5 Å². The Morgan fingerprint density at radius 3 is 2.96 bits per heavy atom. The molecule has 0 aliphatic carbocycles. The predicted molar refractivity (Wildman–Crippen MR) is 98.1 cm³/mol. The molecule has 1 aliphatic rings. The van der Waals surface area contributed by atoms with Gasteiger partial charge in [-0.3, -0.25) is 4.79 Å². The molecule has 1 aromatic carbocycles. The van der Waals surface area contributed by atoms with E-state index in [-0.39, 0.29) is 18.4 Å². The van der Waals surface area contributed by atoms with Crippen molar-refractivity contribution in [2.75, 3.05) is 19.7 Å². The van der Waals surface area contributed by atoms with Crippen LogP contribution >= 0.6 is 11.3 Å². The lowest BCUT2D eigenvalue weighted by atomic mass is 9.98. The summed E-state index contributed by atoms with van der Waals surface area (Å²) in [6.07, 6.45) is 1.85. The second-order valence-corrected chi connectivity index (χ2v) is 7.02. The van der Waals surface area contributed by atoms with E-state index in [4.69, 9.17) is 9.15 Å². The Labute approximate surface area is 155 Å². The van der Waals surface area contributed by atoms with E-state index in [0.717, 1.165) is 24.9 Å². The number of amides is 1. The molecule has 3 heterocycles. The minimum absolute atomic E-state index is 0.0175. The molecule has 2 aromatic heterocycles. The third-order valence-electron chi connectivity index (χ3n) is 4.44. The molecule has 1 atom stereocenters. The van der Waals surface area contributed by atoms with Gasteiger partial charge in [-0.1, -0.05) is 18.2 Å². The monoisotopic (exact) mass is 369 g/mol. The molecular weight excluding hydrogens is 350 g/mol. The van der Waals surface area contributed by atoms with Gasteiger partial charge in [-0.2, -0.15) is 11.3 Å². The normalized spacial score (nSPS) is 17.2. The molecule has 0 unspecified atom stereocenters. The largest absolute Gasteiger partial charge is 0.484 e. The van der Waals surface area contributed by atoms with E-state index in [1.165, 1.54) is 0 Å². The zero-order valence-corrected chi connectivity index (χ0v) is 15.0. The van der Waals surface area contributed by atoms with Crippen LogP contribution in [0.2, 0.25) is 0 Å². The Hall–Kier alpha value is -2.67. The van der Waals surface area contributed by atoms with E-state index in [0.29, 0.717) is 24.1 Å². The lowest BCUT2D eigenvalue weighted by Gasteiger charge is -2.31. The van der Waals surface area contributed by atoms with Crippen LogP contribution in [0.3, 0.4) is 0 Å². The number of hydrogen-bond acceptors (Lipinski definition) is 6. The van der Waals surface area contributed by atoms with Gasteiger partial charge in [0.15, 0.2) is 6.61 Å². The molecule has 0 saturated carbocycles. The SMILES string of the molecule is O=C(COc1ccccc1)N1CCC[C@H](c2nnc(-c3ccsc3)o2)C1. The highest BCUT2D eigenvalue weighted by Crippen LogP contribution is 2.29. The molecule has 0 bridgehead atoms. The summed E-state index contributed by atoms with van der Waals surface area (Å²) in [5.74, 6) is 1.90. The van der Waals surface area contributed by atoms with E-state index in [9.17, 15) is 4.79 Å². The Kier molecular flexibility index (Phi) is 4.97. The first-order valence-electron chi connectivity index (χ1n) is 8.61. The zero-order chi connectivity index (χ0) is 17.8. The van der Waals surface area contributed by atoms with Crippen molar-refractivity contribution in [2.24, 2.45) is 0 Å². The molecule has 0 N–H and O–H groups in total. The fraction of sp³-hybridized carbons (Fsp3) is 0.316. The molecular formula is C19H19N3O3S. The minimum Gasteiger partial charge on any atom is -0.484 e. The van der Waals surface area contributed by atoms with Gasteiger partial charge in [-0.05, 0) is 36.4 Å². The minimum atomic E-state index is -0.0175. The van der Waals surface area contributed by atoms with Crippen LogP contribution in [0.25, 0.3) is 11.5 Å². The van der Waals surface area contributed by atoms with Gasteiger partial charge in [0.2, 0.25) is 11.8 Å². The number of ether oxygens (including phenoxy) is 1. The average Bonchev–Trinajstić information content (AvgIpc) is 3.38.